The van der Waals surface area contributed by atoms with E-state index in [-0.39, 0.29) is 34.3 Å². The van der Waals surface area contributed by atoms with Gasteiger partial charge in [0.2, 0.25) is 5.95 Å². The van der Waals surface area contributed by atoms with Crippen LogP contribution >= 0.6 is 7.60 Å². The van der Waals surface area contributed by atoms with Crippen LogP contribution in [0.25, 0.3) is 16.8 Å². The Kier molecular flexibility index (Phi) is 6.76. The maximum atomic E-state index is 13.6. The van der Waals surface area contributed by atoms with Gasteiger partial charge in [0.1, 0.15) is 48.6 Å². The second kappa shape index (κ2) is 10.0. The van der Waals surface area contributed by atoms with Crippen LogP contribution in [0.4, 0.5) is 11.8 Å². The van der Waals surface area contributed by atoms with Gasteiger partial charge in [-0.3, -0.25) is 18.9 Å². The number of rotatable bonds is 7. The summed E-state index contributed by atoms with van der Waals surface area (Å²) < 4.78 is 32.7. The zero-order valence-corrected chi connectivity index (χ0v) is 21.7. The summed E-state index contributed by atoms with van der Waals surface area (Å²) in [7, 11) is -4.88. The Balaban J connectivity index is 1.25. The fourth-order valence-corrected chi connectivity index (χ4v) is 6.68. The monoisotopic (exact) mass is 596 g/mol. The lowest BCUT2D eigenvalue weighted by Crippen LogP contribution is -2.36. The van der Waals surface area contributed by atoms with Gasteiger partial charge in [0.05, 0.1) is 31.4 Å². The first-order chi connectivity index (χ1) is 19.5. The van der Waals surface area contributed by atoms with Crippen LogP contribution in [-0.4, -0.2) is 114 Å². The van der Waals surface area contributed by atoms with Crippen LogP contribution in [0.5, 0.6) is 0 Å². The van der Waals surface area contributed by atoms with Gasteiger partial charge in [-0.15, -0.1) is 0 Å². The Morgan fingerprint density at radius 2 is 1.85 bits per heavy atom. The highest BCUT2D eigenvalue weighted by atomic mass is 31.2. The van der Waals surface area contributed by atoms with E-state index in [0.29, 0.717) is 0 Å². The second-order valence-electron chi connectivity index (χ2n) is 9.50. The largest absolute Gasteiger partial charge is 0.394 e. The third-order valence-electron chi connectivity index (χ3n) is 7.05. The van der Waals surface area contributed by atoms with Gasteiger partial charge in [-0.2, -0.15) is 10.1 Å². The van der Waals surface area contributed by atoms with Crippen LogP contribution in [-0.2, 0) is 18.6 Å². The van der Waals surface area contributed by atoms with E-state index in [0.717, 1.165) is 10.9 Å². The summed E-state index contributed by atoms with van der Waals surface area (Å²) in [5.74, 6) is -0.191. The molecule has 0 radical (unpaired) electrons. The van der Waals surface area contributed by atoms with E-state index < -0.39 is 74.9 Å². The second-order valence-corrected chi connectivity index (χ2v) is 11.5. The van der Waals surface area contributed by atoms with E-state index in [4.69, 9.17) is 25.5 Å². The number of imidazole rings is 2. The molecule has 20 nitrogen and oxygen atoms in total. The van der Waals surface area contributed by atoms with Crippen LogP contribution < -0.4 is 17.0 Å². The van der Waals surface area contributed by atoms with E-state index in [1.807, 2.05) is 0 Å². The average Bonchev–Trinajstić information content (AvgIpc) is 3.68. The number of nitrogens with two attached hydrogens (primary N) is 2. The average molecular weight is 596 g/mol. The Morgan fingerprint density at radius 1 is 1.07 bits per heavy atom. The molecule has 6 rings (SSSR count). The Hall–Kier alpha value is -3.59. The molecular formula is C20H25N10O10P. The molecule has 4 aromatic rings. The molecule has 2 saturated heterocycles. The minimum Gasteiger partial charge on any atom is -0.394 e. The van der Waals surface area contributed by atoms with Crippen molar-refractivity contribution in [1.29, 1.82) is 0 Å². The smallest absolute Gasteiger partial charge is 0.338 e. The van der Waals surface area contributed by atoms with E-state index in [1.165, 1.54) is 17.0 Å². The fraction of sp³-hybridized carbons (Fsp3) is 0.500. The summed E-state index contributed by atoms with van der Waals surface area (Å²) in [4.78, 5) is 41.4. The number of aromatic nitrogens is 8. The molecular weight excluding hydrogens is 571 g/mol. The Bertz CT molecular complexity index is 1710. The van der Waals surface area contributed by atoms with Crippen molar-refractivity contribution in [3.8, 4) is 0 Å². The molecule has 220 valence electrons. The van der Waals surface area contributed by atoms with Gasteiger partial charge in [-0.25, -0.2) is 19.5 Å². The normalized spacial score (nSPS) is 31.7. The molecule has 2 aliphatic heterocycles. The third kappa shape index (κ3) is 4.45. The quantitative estimate of drug-likeness (QED) is 0.0955. The summed E-state index contributed by atoms with van der Waals surface area (Å²) in [6.07, 6.45) is -6.44. The number of aliphatic hydroxyl groups excluding tert-OH is 4. The maximum Gasteiger partial charge on any atom is 0.338 e. The summed E-state index contributed by atoms with van der Waals surface area (Å²) in [6.45, 7) is -1.42. The first-order valence-electron chi connectivity index (χ1n) is 12.1. The van der Waals surface area contributed by atoms with Crippen molar-refractivity contribution in [1.82, 2.24) is 39.1 Å². The molecule has 0 saturated carbocycles. The number of aromatic amines is 1. The number of ether oxygens (including phenoxy) is 2. The minimum atomic E-state index is -4.88. The topological polar surface area (TPSA) is 305 Å². The number of nitrogens with zero attached hydrogens (tertiary/aromatic N) is 7. The Morgan fingerprint density at radius 3 is 2.61 bits per heavy atom. The van der Waals surface area contributed by atoms with Gasteiger partial charge in [0.15, 0.2) is 28.9 Å². The standard InChI is InChI=1S/C20H25N10O10P/c21-15-17-23-1-6(30(17)26-4-24-15)13-12(34)10(32)8(39-13)3-38-41(36,37)14-11(33)7(2-31)40-19(14)29-5-25-9-16(29)27-20(22)28-18(9)35/h1,4-5,7-8,10-14,19,31-34H,2-3H2,(H,36,37)(H2,21,24,26)(H3,22,27,28,35)/t7-,8-,10-,11-,12-,13+,14-,19-/m1/s1. The van der Waals surface area contributed by atoms with Crippen molar-refractivity contribution in [3.63, 3.8) is 0 Å². The predicted octanol–water partition coefficient (Wildman–Crippen LogP) is -3.60. The van der Waals surface area contributed by atoms with Crippen molar-refractivity contribution in [3.05, 3.63) is 34.9 Å². The molecule has 0 aromatic carbocycles. The number of nitrogens with one attached hydrogen (secondary N) is 1. The lowest BCUT2D eigenvalue weighted by Gasteiger charge is -2.27. The van der Waals surface area contributed by atoms with Crippen LogP contribution in [0.1, 0.15) is 18.0 Å². The molecule has 21 heteroatoms. The molecule has 9 atom stereocenters. The van der Waals surface area contributed by atoms with Crippen LogP contribution in [0, 0.1) is 0 Å². The number of hydrogen-bond acceptors (Lipinski definition) is 16. The van der Waals surface area contributed by atoms with Gasteiger partial charge in [-0.1, -0.05) is 0 Å². The number of fused-ring (bicyclic) bond motifs is 2. The highest BCUT2D eigenvalue weighted by Crippen LogP contribution is 2.57. The summed E-state index contributed by atoms with van der Waals surface area (Å²) >= 11 is 0. The summed E-state index contributed by atoms with van der Waals surface area (Å²) in [6, 6.07) is 0. The number of hydrogen-bond donors (Lipinski definition) is 8. The molecule has 0 spiro atoms. The van der Waals surface area contributed by atoms with Gasteiger partial charge < -0.3 is 50.8 Å². The van der Waals surface area contributed by atoms with Crippen molar-refractivity contribution in [2.45, 2.75) is 48.5 Å². The van der Waals surface area contributed by atoms with Crippen molar-refractivity contribution in [2.24, 2.45) is 0 Å². The molecule has 1 unspecified atom stereocenters. The van der Waals surface area contributed by atoms with Gasteiger partial charge in [0, 0.05) is 0 Å². The molecule has 2 aliphatic rings. The number of aliphatic hydroxyl groups is 4. The van der Waals surface area contributed by atoms with Crippen LogP contribution in [0.2, 0.25) is 0 Å². The highest BCUT2D eigenvalue weighted by Gasteiger charge is 2.56. The molecule has 0 aliphatic carbocycles. The number of anilines is 2. The summed E-state index contributed by atoms with van der Waals surface area (Å²) in [5.41, 5.74) is 9.20. The maximum absolute atomic E-state index is 13.6. The van der Waals surface area contributed by atoms with E-state index in [9.17, 15) is 34.7 Å². The predicted molar refractivity (Wildman–Crippen MR) is 134 cm³/mol. The zero-order chi connectivity index (χ0) is 29.2. The molecule has 6 heterocycles. The molecule has 41 heavy (non-hydrogen) atoms. The van der Waals surface area contributed by atoms with Crippen LogP contribution in [0.15, 0.2) is 23.6 Å². The molecule has 2 fully saturated rings. The van der Waals surface area contributed by atoms with Crippen molar-refractivity contribution >= 4 is 36.2 Å². The highest BCUT2D eigenvalue weighted by molar-refractivity contribution is 7.53. The Labute approximate surface area is 227 Å². The third-order valence-corrected chi connectivity index (χ3v) is 8.89. The van der Waals surface area contributed by atoms with E-state index in [2.05, 4.69) is 30.0 Å². The lowest BCUT2D eigenvalue weighted by atomic mass is 10.1. The lowest BCUT2D eigenvalue weighted by molar-refractivity contribution is -0.0435. The number of H-pyrrole nitrogens is 1. The first-order valence-corrected chi connectivity index (χ1v) is 13.8. The van der Waals surface area contributed by atoms with Crippen molar-refractivity contribution < 1.29 is 43.9 Å². The SMILES string of the molecule is Nc1nc2c(ncn2[C@@H]2O[C@H](CO)[C@@H](O)[C@H]2P(=O)(O)OC[C@H]2O[C@@H](c3cnc4c(N)ncnn34)[C@H](O)[C@@H]2O)c(=O)[nH]1. The zero-order valence-electron chi connectivity index (χ0n) is 20.8. The fourth-order valence-electron chi connectivity index (χ4n) is 5.04. The van der Waals surface area contributed by atoms with Gasteiger partial charge >= 0.3 is 7.60 Å². The van der Waals surface area contributed by atoms with Gasteiger partial charge in [-0.05, 0) is 0 Å². The van der Waals surface area contributed by atoms with E-state index in [1.54, 1.807) is 0 Å². The molecule has 10 N–H and O–H groups in total. The number of nitrogen functional groups attached to an aromatic ring is 2. The van der Waals surface area contributed by atoms with Gasteiger partial charge in [0.25, 0.3) is 5.56 Å². The van der Waals surface area contributed by atoms with Crippen molar-refractivity contribution in [2.75, 3.05) is 24.7 Å². The summed E-state index contributed by atoms with van der Waals surface area (Å²) in [5, 5.41) is 45.8. The first kappa shape index (κ1) is 27.6. The molecule has 0 amide bonds. The van der Waals surface area contributed by atoms with Crippen LogP contribution in [0.3, 0.4) is 0 Å². The minimum absolute atomic E-state index is 0.0710. The molecule has 4 aromatic heterocycles. The molecule has 0 bridgehead atoms. The van der Waals surface area contributed by atoms with E-state index >= 15 is 0 Å².